The molecule has 0 heterocycles. The van der Waals surface area contributed by atoms with Crippen LogP contribution in [0.15, 0.2) is 17.7 Å². The minimum atomic E-state index is 1.21. The van der Waals surface area contributed by atoms with E-state index in [1.807, 2.05) is 0 Å². The average Bonchev–Trinajstić information content (AvgIpc) is 2.58. The monoisotopic (exact) mass is 228 g/mol. The van der Waals surface area contributed by atoms with E-state index in [9.17, 15) is 0 Å². The molecule has 17 heavy (non-hydrogen) atoms. The highest BCUT2D eigenvalue weighted by atomic mass is 14.3. The molecule has 0 amide bonds. The van der Waals surface area contributed by atoms with Gasteiger partial charge in [0.25, 0.3) is 0 Å². The zero-order valence-corrected chi connectivity index (χ0v) is 11.7. The largest absolute Gasteiger partial charge is 0.0651 e. The van der Waals surface area contributed by atoms with Crippen LogP contribution in [-0.2, 0) is 6.42 Å². The van der Waals surface area contributed by atoms with Crippen molar-refractivity contribution in [2.45, 2.75) is 59.8 Å². The van der Waals surface area contributed by atoms with Crippen molar-refractivity contribution in [1.29, 1.82) is 0 Å². The molecule has 0 spiro atoms. The predicted octanol–water partition coefficient (Wildman–Crippen LogP) is 5.21. The average molecular weight is 228 g/mol. The maximum atomic E-state index is 2.39. The molecule has 1 aromatic carbocycles. The molecule has 0 nitrogen and oxygen atoms in total. The first kappa shape index (κ1) is 12.4. The van der Waals surface area contributed by atoms with Gasteiger partial charge in [0.05, 0.1) is 0 Å². The number of fused-ring (bicyclic) bond motifs is 1. The summed E-state index contributed by atoms with van der Waals surface area (Å²) < 4.78 is 0. The molecule has 2 rings (SSSR count). The van der Waals surface area contributed by atoms with Gasteiger partial charge in [-0.3, -0.25) is 0 Å². The van der Waals surface area contributed by atoms with Crippen molar-refractivity contribution < 1.29 is 0 Å². The molecule has 0 saturated carbocycles. The van der Waals surface area contributed by atoms with Crippen molar-refractivity contribution in [3.05, 3.63) is 40.0 Å². The number of aryl methyl sites for hydroxylation is 2. The molecule has 0 unspecified atom stereocenters. The van der Waals surface area contributed by atoms with Gasteiger partial charge in [-0.05, 0) is 55.4 Å². The standard InChI is InChI=1S/C17H24/c1-5-7-14-11-15-10-12(3)9-13(4)17(15)16(14)8-6-2/h9-10H,5-8,11H2,1-4H3. The first-order chi connectivity index (χ1) is 8.17. The van der Waals surface area contributed by atoms with Crippen molar-refractivity contribution >= 4 is 5.57 Å². The Balaban J connectivity index is 2.47. The highest BCUT2D eigenvalue weighted by molar-refractivity contribution is 5.78. The summed E-state index contributed by atoms with van der Waals surface area (Å²) in [4.78, 5) is 0. The molecular formula is C17H24. The second-order valence-corrected chi connectivity index (χ2v) is 5.37. The van der Waals surface area contributed by atoms with Gasteiger partial charge in [0.1, 0.15) is 0 Å². The maximum Gasteiger partial charge on any atom is -0.00548 e. The molecular weight excluding hydrogens is 204 g/mol. The molecule has 1 aliphatic rings. The second kappa shape index (κ2) is 5.08. The lowest BCUT2D eigenvalue weighted by atomic mass is 9.94. The van der Waals surface area contributed by atoms with Crippen LogP contribution in [0.3, 0.4) is 0 Å². The zero-order valence-electron chi connectivity index (χ0n) is 11.7. The van der Waals surface area contributed by atoms with E-state index in [4.69, 9.17) is 0 Å². The third kappa shape index (κ3) is 2.31. The van der Waals surface area contributed by atoms with Gasteiger partial charge in [0.2, 0.25) is 0 Å². The van der Waals surface area contributed by atoms with Crippen LogP contribution in [0.4, 0.5) is 0 Å². The fourth-order valence-electron chi connectivity index (χ4n) is 3.23. The van der Waals surface area contributed by atoms with E-state index >= 15 is 0 Å². The predicted molar refractivity (Wildman–Crippen MR) is 76.4 cm³/mol. The van der Waals surface area contributed by atoms with Crippen molar-refractivity contribution in [3.63, 3.8) is 0 Å². The van der Waals surface area contributed by atoms with Crippen LogP contribution >= 0.6 is 0 Å². The number of hydrogen-bond acceptors (Lipinski definition) is 0. The molecule has 0 saturated heterocycles. The smallest absolute Gasteiger partial charge is 0.00548 e. The molecule has 0 N–H and O–H groups in total. The first-order valence-corrected chi connectivity index (χ1v) is 6.98. The van der Waals surface area contributed by atoms with Gasteiger partial charge in [-0.15, -0.1) is 0 Å². The minimum absolute atomic E-state index is 1.21. The van der Waals surface area contributed by atoms with Gasteiger partial charge in [0, 0.05) is 0 Å². The Morgan fingerprint density at radius 3 is 2.35 bits per heavy atom. The van der Waals surface area contributed by atoms with Crippen LogP contribution in [0, 0.1) is 13.8 Å². The molecule has 0 aromatic heterocycles. The lowest BCUT2D eigenvalue weighted by molar-refractivity contribution is 0.871. The second-order valence-electron chi connectivity index (χ2n) is 5.37. The summed E-state index contributed by atoms with van der Waals surface area (Å²) in [5.74, 6) is 0. The van der Waals surface area contributed by atoms with E-state index in [-0.39, 0.29) is 0 Å². The molecule has 0 bridgehead atoms. The molecule has 0 heteroatoms. The number of allylic oxidation sites excluding steroid dienone is 2. The summed E-state index contributed by atoms with van der Waals surface area (Å²) in [6.45, 7) is 9.07. The number of benzene rings is 1. The van der Waals surface area contributed by atoms with Crippen LogP contribution in [0.5, 0.6) is 0 Å². The van der Waals surface area contributed by atoms with Gasteiger partial charge in [-0.1, -0.05) is 50.0 Å². The van der Waals surface area contributed by atoms with E-state index in [1.54, 1.807) is 22.3 Å². The third-order valence-corrected chi connectivity index (χ3v) is 3.75. The molecule has 0 aliphatic heterocycles. The summed E-state index contributed by atoms with van der Waals surface area (Å²) in [6, 6.07) is 4.73. The SMILES string of the molecule is CCCC1=C(CCC)c2c(C)cc(C)cc2C1. The van der Waals surface area contributed by atoms with Gasteiger partial charge in [-0.25, -0.2) is 0 Å². The fourth-order valence-corrected chi connectivity index (χ4v) is 3.23. The Morgan fingerprint density at radius 1 is 1.00 bits per heavy atom. The summed E-state index contributed by atoms with van der Waals surface area (Å²) >= 11 is 0. The zero-order chi connectivity index (χ0) is 12.4. The Kier molecular flexibility index (Phi) is 3.71. The van der Waals surface area contributed by atoms with Crippen LogP contribution in [0.2, 0.25) is 0 Å². The summed E-state index contributed by atoms with van der Waals surface area (Å²) in [7, 11) is 0. The highest BCUT2D eigenvalue weighted by Crippen LogP contribution is 2.40. The summed E-state index contributed by atoms with van der Waals surface area (Å²) in [6.07, 6.45) is 6.28. The van der Waals surface area contributed by atoms with Crippen LogP contribution in [0.25, 0.3) is 5.57 Å². The molecule has 92 valence electrons. The summed E-state index contributed by atoms with van der Waals surface area (Å²) in [5.41, 5.74) is 9.43. The maximum absolute atomic E-state index is 2.39. The quantitative estimate of drug-likeness (QED) is 0.663. The van der Waals surface area contributed by atoms with Crippen LogP contribution < -0.4 is 0 Å². The molecule has 0 radical (unpaired) electrons. The van der Waals surface area contributed by atoms with Gasteiger partial charge in [0.15, 0.2) is 0 Å². The van der Waals surface area contributed by atoms with Crippen molar-refractivity contribution in [1.82, 2.24) is 0 Å². The van der Waals surface area contributed by atoms with E-state index in [0.717, 1.165) is 0 Å². The van der Waals surface area contributed by atoms with Gasteiger partial charge in [-0.2, -0.15) is 0 Å². The van der Waals surface area contributed by atoms with E-state index < -0.39 is 0 Å². The van der Waals surface area contributed by atoms with Crippen LogP contribution in [0.1, 0.15) is 61.8 Å². The van der Waals surface area contributed by atoms with Gasteiger partial charge < -0.3 is 0 Å². The Hall–Kier alpha value is -1.04. The third-order valence-electron chi connectivity index (χ3n) is 3.75. The topological polar surface area (TPSA) is 0 Å². The lowest BCUT2D eigenvalue weighted by Crippen LogP contribution is -1.91. The molecule has 0 atom stereocenters. The minimum Gasteiger partial charge on any atom is -0.0651 e. The van der Waals surface area contributed by atoms with Gasteiger partial charge >= 0.3 is 0 Å². The Morgan fingerprint density at radius 2 is 1.71 bits per heavy atom. The Labute approximate surface area is 106 Å². The normalized spacial score (nSPS) is 14.4. The molecule has 1 aromatic rings. The highest BCUT2D eigenvalue weighted by Gasteiger charge is 2.21. The van der Waals surface area contributed by atoms with Crippen molar-refractivity contribution in [2.24, 2.45) is 0 Å². The lowest BCUT2D eigenvalue weighted by Gasteiger charge is -2.10. The molecule has 1 aliphatic carbocycles. The molecule has 0 fully saturated rings. The van der Waals surface area contributed by atoms with E-state index in [1.165, 1.54) is 43.2 Å². The number of rotatable bonds is 4. The van der Waals surface area contributed by atoms with E-state index in [0.29, 0.717) is 0 Å². The Bertz CT molecular complexity index is 449. The van der Waals surface area contributed by atoms with Crippen molar-refractivity contribution in [2.75, 3.05) is 0 Å². The van der Waals surface area contributed by atoms with E-state index in [2.05, 4.69) is 39.8 Å². The first-order valence-electron chi connectivity index (χ1n) is 6.98. The fraction of sp³-hybridized carbons (Fsp3) is 0.529. The summed E-state index contributed by atoms with van der Waals surface area (Å²) in [5, 5.41) is 0. The van der Waals surface area contributed by atoms with Crippen LogP contribution in [-0.4, -0.2) is 0 Å². The number of hydrogen-bond donors (Lipinski definition) is 0. The van der Waals surface area contributed by atoms with Crippen molar-refractivity contribution in [3.8, 4) is 0 Å².